The van der Waals surface area contributed by atoms with Gasteiger partial charge in [0.25, 0.3) is 0 Å². The number of phenols is 2. The zero-order valence-electron chi connectivity index (χ0n) is 19.5. The minimum atomic E-state index is -0.346. The topological polar surface area (TPSA) is 62.2 Å². The fourth-order valence-electron chi connectivity index (χ4n) is 4.97. The maximum absolute atomic E-state index is 10.5. The lowest BCUT2D eigenvalue weighted by Crippen LogP contribution is -2.33. The highest BCUT2D eigenvalue weighted by Gasteiger charge is 2.30. The highest BCUT2D eigenvalue weighted by molar-refractivity contribution is 5.97. The summed E-state index contributed by atoms with van der Waals surface area (Å²) in [6.07, 6.45) is 3.56. The Morgan fingerprint density at radius 1 is 0.912 bits per heavy atom. The molecule has 0 radical (unpaired) electrons. The number of phenolic OH excluding ortho intramolecular Hbond substituents is 2. The molecule has 0 aromatic heterocycles. The molecule has 34 heavy (non-hydrogen) atoms. The third-order valence-corrected chi connectivity index (χ3v) is 6.78. The Morgan fingerprint density at radius 2 is 1.65 bits per heavy atom. The molecule has 0 amide bonds. The predicted octanol–water partition coefficient (Wildman–Crippen LogP) is 6.03. The van der Waals surface area contributed by atoms with Crippen LogP contribution < -0.4 is 9.47 Å². The first kappa shape index (κ1) is 22.4. The number of fused-ring (bicyclic) bond motifs is 1. The Balaban J connectivity index is 1.40. The van der Waals surface area contributed by atoms with Crippen molar-refractivity contribution in [2.45, 2.75) is 32.3 Å². The van der Waals surface area contributed by atoms with Crippen LogP contribution in [0.25, 0.3) is 11.1 Å². The van der Waals surface area contributed by atoms with Crippen LogP contribution in [0.3, 0.4) is 0 Å². The summed E-state index contributed by atoms with van der Waals surface area (Å²) in [5.74, 6) is 1.92. The van der Waals surface area contributed by atoms with Gasteiger partial charge in [0.15, 0.2) is 0 Å². The highest BCUT2D eigenvalue weighted by Crippen LogP contribution is 2.49. The van der Waals surface area contributed by atoms with Crippen molar-refractivity contribution in [3.05, 3.63) is 83.4 Å². The number of likely N-dealkylation sites (tertiary alicyclic amines) is 1. The normalized spacial score (nSPS) is 18.3. The molecule has 1 unspecified atom stereocenters. The van der Waals surface area contributed by atoms with Crippen molar-refractivity contribution in [3.63, 3.8) is 0 Å². The molecule has 0 aliphatic carbocycles. The van der Waals surface area contributed by atoms with E-state index in [1.807, 2.05) is 49.4 Å². The molecular weight excluding hydrogens is 426 g/mol. The average molecular weight is 458 g/mol. The van der Waals surface area contributed by atoms with E-state index in [2.05, 4.69) is 4.90 Å². The molecule has 3 aromatic rings. The van der Waals surface area contributed by atoms with Crippen molar-refractivity contribution >= 4 is 11.1 Å². The lowest BCUT2D eigenvalue weighted by atomic mass is 9.86. The lowest BCUT2D eigenvalue weighted by Gasteiger charge is -2.31. The number of allylic oxidation sites excluding steroid dienone is 1. The first-order valence-corrected chi connectivity index (χ1v) is 12.0. The Labute approximate surface area is 200 Å². The van der Waals surface area contributed by atoms with E-state index in [-0.39, 0.29) is 17.6 Å². The van der Waals surface area contributed by atoms with Crippen LogP contribution in [0.2, 0.25) is 0 Å². The van der Waals surface area contributed by atoms with Gasteiger partial charge in [-0.25, -0.2) is 0 Å². The molecule has 0 saturated carbocycles. The minimum absolute atomic E-state index is 0.196. The Morgan fingerprint density at radius 3 is 2.38 bits per heavy atom. The molecule has 5 rings (SSSR count). The molecule has 1 atom stereocenters. The van der Waals surface area contributed by atoms with E-state index in [0.717, 1.165) is 34.6 Å². The van der Waals surface area contributed by atoms with Crippen LogP contribution in [0.15, 0.2) is 66.7 Å². The van der Waals surface area contributed by atoms with Crippen molar-refractivity contribution in [1.29, 1.82) is 0 Å². The van der Waals surface area contributed by atoms with Gasteiger partial charge >= 0.3 is 0 Å². The molecule has 1 saturated heterocycles. The van der Waals surface area contributed by atoms with Crippen molar-refractivity contribution in [3.8, 4) is 23.0 Å². The minimum Gasteiger partial charge on any atom is -0.508 e. The third-order valence-electron chi connectivity index (χ3n) is 6.78. The van der Waals surface area contributed by atoms with Crippen molar-refractivity contribution < 1.29 is 19.7 Å². The van der Waals surface area contributed by atoms with Crippen LogP contribution in [-0.2, 0) is 0 Å². The van der Waals surface area contributed by atoms with Gasteiger partial charge in [0.05, 0.1) is 5.56 Å². The maximum Gasteiger partial charge on any atom is 0.150 e. The summed E-state index contributed by atoms with van der Waals surface area (Å²) in [6, 6.07) is 20.6. The zero-order chi connectivity index (χ0) is 23.5. The van der Waals surface area contributed by atoms with Gasteiger partial charge in [0.2, 0.25) is 0 Å². The monoisotopic (exact) mass is 457 g/mol. The first-order chi connectivity index (χ1) is 16.6. The summed E-state index contributed by atoms with van der Waals surface area (Å²) < 4.78 is 12.5. The van der Waals surface area contributed by atoms with Gasteiger partial charge in [-0.1, -0.05) is 36.8 Å². The molecule has 2 N–H and O–H groups in total. The number of ether oxygens (including phenoxy) is 2. The number of hydrogen-bond donors (Lipinski definition) is 2. The summed E-state index contributed by atoms with van der Waals surface area (Å²) >= 11 is 0. The lowest BCUT2D eigenvalue weighted by molar-refractivity contribution is 0.183. The summed E-state index contributed by atoms with van der Waals surface area (Å²) in [7, 11) is 0. The third kappa shape index (κ3) is 4.62. The fourth-order valence-corrected chi connectivity index (χ4v) is 4.97. The summed E-state index contributed by atoms with van der Waals surface area (Å²) in [5, 5.41) is 20.3. The molecule has 2 aliphatic rings. The van der Waals surface area contributed by atoms with E-state index in [0.29, 0.717) is 17.9 Å². The van der Waals surface area contributed by atoms with Crippen LogP contribution in [0.1, 0.15) is 49.0 Å². The van der Waals surface area contributed by atoms with E-state index >= 15 is 0 Å². The van der Waals surface area contributed by atoms with Crippen LogP contribution >= 0.6 is 0 Å². The van der Waals surface area contributed by atoms with Gasteiger partial charge < -0.3 is 19.7 Å². The van der Waals surface area contributed by atoms with Gasteiger partial charge in [-0.2, -0.15) is 0 Å². The Kier molecular flexibility index (Phi) is 6.45. The number of aromatic hydroxyl groups is 2. The average Bonchev–Trinajstić information content (AvgIpc) is 2.86. The number of benzene rings is 3. The molecule has 3 aromatic carbocycles. The van der Waals surface area contributed by atoms with E-state index < -0.39 is 0 Å². The molecule has 0 spiro atoms. The molecule has 5 heteroatoms. The molecule has 0 bridgehead atoms. The molecule has 2 aliphatic heterocycles. The quantitative estimate of drug-likeness (QED) is 0.473. The van der Waals surface area contributed by atoms with E-state index in [9.17, 15) is 10.2 Å². The summed E-state index contributed by atoms with van der Waals surface area (Å²) in [6.45, 7) is 5.99. The molecule has 5 nitrogen and oxygen atoms in total. The largest absolute Gasteiger partial charge is 0.508 e. The van der Waals surface area contributed by atoms with E-state index in [1.54, 1.807) is 24.3 Å². The van der Waals surface area contributed by atoms with Crippen LogP contribution in [-0.4, -0.2) is 41.4 Å². The van der Waals surface area contributed by atoms with Gasteiger partial charge in [0.1, 0.15) is 35.7 Å². The SMILES string of the molecule is CC1=C(c2ccc(O)cc2)C(c2ccc(OCCN3CCCCC3)cc2)Oc2cccc(O)c21. The molecule has 176 valence electrons. The molecular formula is C29H31NO4. The van der Waals surface area contributed by atoms with Crippen LogP contribution in [0, 0.1) is 0 Å². The smallest absolute Gasteiger partial charge is 0.150 e. The van der Waals surface area contributed by atoms with Crippen molar-refractivity contribution in [1.82, 2.24) is 4.90 Å². The molecule has 1 fully saturated rings. The van der Waals surface area contributed by atoms with E-state index in [1.165, 1.54) is 32.4 Å². The van der Waals surface area contributed by atoms with Gasteiger partial charge in [0, 0.05) is 12.1 Å². The fraction of sp³-hybridized carbons (Fsp3) is 0.310. The maximum atomic E-state index is 10.5. The second-order valence-electron chi connectivity index (χ2n) is 9.05. The Bertz CT molecular complexity index is 1160. The Hall–Kier alpha value is -3.44. The number of nitrogens with zero attached hydrogens (tertiary/aromatic N) is 1. The van der Waals surface area contributed by atoms with E-state index in [4.69, 9.17) is 9.47 Å². The van der Waals surface area contributed by atoms with Crippen molar-refractivity contribution in [2.75, 3.05) is 26.2 Å². The highest BCUT2D eigenvalue weighted by atomic mass is 16.5. The molecule has 2 heterocycles. The number of hydrogen-bond acceptors (Lipinski definition) is 5. The zero-order valence-corrected chi connectivity index (χ0v) is 19.5. The van der Waals surface area contributed by atoms with Gasteiger partial charge in [-0.15, -0.1) is 0 Å². The first-order valence-electron chi connectivity index (χ1n) is 12.0. The predicted molar refractivity (Wildman–Crippen MR) is 134 cm³/mol. The van der Waals surface area contributed by atoms with Gasteiger partial charge in [-0.05, 0) is 86.0 Å². The van der Waals surface area contributed by atoms with Gasteiger partial charge in [-0.3, -0.25) is 4.90 Å². The summed E-state index contributed by atoms with van der Waals surface area (Å²) in [4.78, 5) is 2.47. The summed E-state index contributed by atoms with van der Waals surface area (Å²) in [5.41, 5.74) is 4.57. The van der Waals surface area contributed by atoms with Crippen LogP contribution in [0.5, 0.6) is 23.0 Å². The van der Waals surface area contributed by atoms with Crippen LogP contribution in [0.4, 0.5) is 0 Å². The standard InChI is InChI=1S/C29H31NO4/c1-20-27(21-8-12-23(31)13-9-21)29(34-26-7-5-6-25(32)28(20)26)22-10-14-24(15-11-22)33-19-18-30-16-3-2-4-17-30/h5-15,29,31-32H,2-4,16-19H2,1H3. The number of rotatable bonds is 6. The second-order valence-corrected chi connectivity index (χ2v) is 9.05. The number of piperidine rings is 1. The van der Waals surface area contributed by atoms with Crippen molar-refractivity contribution in [2.24, 2.45) is 0 Å². The second kappa shape index (κ2) is 9.82.